The van der Waals surface area contributed by atoms with Crippen LogP contribution < -0.4 is 5.32 Å². The second-order valence-electron chi connectivity index (χ2n) is 9.05. The topological polar surface area (TPSA) is 57.8 Å². The first-order valence-corrected chi connectivity index (χ1v) is 13.5. The van der Waals surface area contributed by atoms with Crippen molar-refractivity contribution in [1.29, 1.82) is 5.26 Å². The van der Waals surface area contributed by atoms with Crippen LogP contribution in [0.1, 0.15) is 18.1 Å². The molecule has 39 heavy (non-hydrogen) atoms. The number of amides is 1. The van der Waals surface area contributed by atoms with Crippen LogP contribution in [-0.4, -0.2) is 10.5 Å². The molecule has 190 valence electrons. The highest BCUT2D eigenvalue weighted by Crippen LogP contribution is 2.37. The zero-order valence-corrected chi connectivity index (χ0v) is 23.0. The monoisotopic (exact) mass is 571 g/mol. The van der Waals surface area contributed by atoms with E-state index in [1.54, 1.807) is 6.08 Å². The molecule has 0 fully saturated rings. The molecule has 1 aromatic heterocycles. The van der Waals surface area contributed by atoms with Crippen molar-refractivity contribution < 1.29 is 4.79 Å². The summed E-state index contributed by atoms with van der Waals surface area (Å²) in [6.07, 6.45) is 2.60. The molecule has 0 saturated heterocycles. The van der Waals surface area contributed by atoms with Gasteiger partial charge in [0.05, 0.1) is 11.4 Å². The molecule has 5 heteroatoms. The predicted octanol–water partition coefficient (Wildman–Crippen LogP) is 8.68. The fourth-order valence-corrected chi connectivity index (χ4v) is 4.80. The van der Waals surface area contributed by atoms with Gasteiger partial charge in [0.25, 0.3) is 5.91 Å². The lowest BCUT2D eigenvalue weighted by Crippen LogP contribution is -2.13. The second kappa shape index (κ2) is 11.8. The molecule has 1 heterocycles. The predicted molar refractivity (Wildman–Crippen MR) is 162 cm³/mol. The summed E-state index contributed by atoms with van der Waals surface area (Å²) in [5, 5.41) is 12.9. The summed E-state index contributed by atoms with van der Waals surface area (Å²) in [7, 11) is 0. The lowest BCUT2D eigenvalue weighted by atomic mass is 10.0. The van der Waals surface area contributed by atoms with Gasteiger partial charge in [0.2, 0.25) is 0 Å². The zero-order chi connectivity index (χ0) is 27.2. The molecule has 4 aromatic carbocycles. The summed E-state index contributed by atoms with van der Waals surface area (Å²) in [4.78, 5) is 13.2. The molecule has 0 aliphatic rings. The number of benzene rings is 4. The Morgan fingerprint density at radius 2 is 1.49 bits per heavy atom. The summed E-state index contributed by atoms with van der Waals surface area (Å²) in [5.41, 5.74) is 7.45. The fraction of sp³-hybridized carbons (Fsp3) is 0.0588. The van der Waals surface area contributed by atoms with E-state index >= 15 is 0 Å². The lowest BCUT2D eigenvalue weighted by Gasteiger charge is -2.15. The van der Waals surface area contributed by atoms with Crippen LogP contribution in [0.25, 0.3) is 34.3 Å². The number of halogens is 1. The Morgan fingerprint density at radius 3 is 2.08 bits per heavy atom. The van der Waals surface area contributed by atoms with Gasteiger partial charge < -0.3 is 9.88 Å². The van der Waals surface area contributed by atoms with Gasteiger partial charge in [0, 0.05) is 21.4 Å². The molecule has 0 unspecified atom stereocenters. The molecule has 5 aromatic rings. The molecule has 0 saturated carbocycles. The number of nitrogens with one attached hydrogen (secondary N) is 1. The summed E-state index contributed by atoms with van der Waals surface area (Å²) >= 11 is 3.54. The number of hydrogen-bond acceptors (Lipinski definition) is 2. The van der Waals surface area contributed by atoms with E-state index in [1.165, 1.54) is 5.56 Å². The van der Waals surface area contributed by atoms with Gasteiger partial charge in [-0.25, -0.2) is 0 Å². The molecule has 0 atom stereocenters. The highest BCUT2D eigenvalue weighted by molar-refractivity contribution is 9.10. The minimum atomic E-state index is -0.446. The highest BCUT2D eigenvalue weighted by Gasteiger charge is 2.20. The third-order valence-electron chi connectivity index (χ3n) is 6.52. The van der Waals surface area contributed by atoms with Crippen molar-refractivity contribution in [2.75, 3.05) is 5.32 Å². The standard InChI is InChI=1S/C34H26BrN3O/c1-2-24-13-17-30(18-14-24)37-34(39)28(23-36)21-27-22-32(25-9-5-3-6-10-25)38(31-19-15-29(35)16-20-31)33(27)26-11-7-4-8-12-26/h3-22H,2H2,1H3,(H,37,39). The summed E-state index contributed by atoms with van der Waals surface area (Å²) in [5.74, 6) is -0.446. The first kappa shape index (κ1) is 26.0. The van der Waals surface area contributed by atoms with Gasteiger partial charge in [0.15, 0.2) is 0 Å². The molecule has 0 aliphatic heterocycles. The molecule has 0 bridgehead atoms. The quantitative estimate of drug-likeness (QED) is 0.157. The third kappa shape index (κ3) is 5.77. The van der Waals surface area contributed by atoms with Crippen molar-refractivity contribution in [2.24, 2.45) is 0 Å². The Hall–Kier alpha value is -4.66. The number of carbonyl (C=O) groups is 1. The van der Waals surface area contributed by atoms with Crippen LogP contribution >= 0.6 is 15.9 Å². The SMILES string of the molecule is CCc1ccc(NC(=O)C(C#N)=Cc2cc(-c3ccccc3)n(-c3ccc(Br)cc3)c2-c2ccccc2)cc1. The Labute approximate surface area is 237 Å². The van der Waals surface area contributed by atoms with Crippen molar-refractivity contribution in [3.63, 3.8) is 0 Å². The maximum Gasteiger partial charge on any atom is 0.266 e. The highest BCUT2D eigenvalue weighted by atomic mass is 79.9. The number of hydrogen-bond donors (Lipinski definition) is 1. The summed E-state index contributed by atoms with van der Waals surface area (Å²) < 4.78 is 3.16. The normalized spacial score (nSPS) is 11.2. The van der Waals surface area contributed by atoms with Crippen molar-refractivity contribution in [2.45, 2.75) is 13.3 Å². The van der Waals surface area contributed by atoms with E-state index in [1.807, 2.05) is 103 Å². The van der Waals surface area contributed by atoms with Crippen molar-refractivity contribution >= 4 is 33.6 Å². The van der Waals surface area contributed by atoms with Crippen LogP contribution in [0.15, 0.2) is 125 Å². The van der Waals surface area contributed by atoms with Gasteiger partial charge in [-0.3, -0.25) is 4.79 Å². The van der Waals surface area contributed by atoms with Gasteiger partial charge in [0.1, 0.15) is 11.6 Å². The number of carbonyl (C=O) groups excluding carboxylic acids is 1. The van der Waals surface area contributed by atoms with Crippen LogP contribution in [0.2, 0.25) is 0 Å². The van der Waals surface area contributed by atoms with Crippen molar-refractivity contribution in [1.82, 2.24) is 4.57 Å². The smallest absolute Gasteiger partial charge is 0.266 e. The van der Waals surface area contributed by atoms with Crippen LogP contribution in [0.3, 0.4) is 0 Å². The van der Waals surface area contributed by atoms with Crippen molar-refractivity contribution in [3.8, 4) is 34.3 Å². The number of rotatable bonds is 7. The summed E-state index contributed by atoms with van der Waals surface area (Å²) in [6.45, 7) is 2.08. The van der Waals surface area contributed by atoms with Crippen LogP contribution in [-0.2, 0) is 11.2 Å². The van der Waals surface area contributed by atoms with E-state index in [-0.39, 0.29) is 5.57 Å². The maximum atomic E-state index is 13.2. The minimum absolute atomic E-state index is 0.0271. The van der Waals surface area contributed by atoms with Crippen LogP contribution in [0, 0.1) is 11.3 Å². The lowest BCUT2D eigenvalue weighted by molar-refractivity contribution is -0.112. The van der Waals surface area contributed by atoms with Gasteiger partial charge in [-0.05, 0) is 71.7 Å². The van der Waals surface area contributed by atoms with Gasteiger partial charge in [-0.2, -0.15) is 5.26 Å². The maximum absolute atomic E-state index is 13.2. The number of aryl methyl sites for hydroxylation is 1. The van der Waals surface area contributed by atoms with E-state index in [2.05, 4.69) is 50.9 Å². The Balaban J connectivity index is 1.68. The van der Waals surface area contributed by atoms with E-state index in [4.69, 9.17) is 0 Å². The first-order chi connectivity index (χ1) is 19.1. The molecular weight excluding hydrogens is 546 g/mol. The molecule has 4 nitrogen and oxygen atoms in total. The number of nitrogens with zero attached hydrogens (tertiary/aromatic N) is 2. The third-order valence-corrected chi connectivity index (χ3v) is 7.05. The average molecular weight is 573 g/mol. The molecular formula is C34H26BrN3O. The van der Waals surface area contributed by atoms with Gasteiger partial charge in [-0.1, -0.05) is 95.7 Å². The van der Waals surface area contributed by atoms with Crippen molar-refractivity contribution in [3.05, 3.63) is 136 Å². The van der Waals surface area contributed by atoms with E-state index in [0.717, 1.165) is 44.7 Å². The Bertz CT molecular complexity index is 1660. The second-order valence-corrected chi connectivity index (χ2v) is 9.97. The summed E-state index contributed by atoms with van der Waals surface area (Å²) in [6, 6.07) is 40.1. The van der Waals surface area contributed by atoms with Gasteiger partial charge in [-0.15, -0.1) is 0 Å². The average Bonchev–Trinajstić information content (AvgIpc) is 3.36. The molecule has 5 rings (SSSR count). The first-order valence-electron chi connectivity index (χ1n) is 12.7. The molecule has 1 N–H and O–H groups in total. The molecule has 1 amide bonds. The number of anilines is 1. The van der Waals surface area contributed by atoms with Crippen LogP contribution in [0.4, 0.5) is 5.69 Å². The van der Waals surface area contributed by atoms with Gasteiger partial charge >= 0.3 is 0 Å². The Morgan fingerprint density at radius 1 is 0.872 bits per heavy atom. The Kier molecular flexibility index (Phi) is 7.86. The van der Waals surface area contributed by atoms with Crippen LogP contribution in [0.5, 0.6) is 0 Å². The van der Waals surface area contributed by atoms with E-state index in [9.17, 15) is 10.1 Å². The largest absolute Gasteiger partial charge is 0.321 e. The van der Waals surface area contributed by atoms with E-state index < -0.39 is 5.91 Å². The number of nitriles is 1. The number of aromatic nitrogens is 1. The molecule has 0 radical (unpaired) electrons. The molecule has 0 spiro atoms. The van der Waals surface area contributed by atoms with E-state index in [0.29, 0.717) is 5.69 Å². The minimum Gasteiger partial charge on any atom is -0.321 e. The fourth-order valence-electron chi connectivity index (χ4n) is 4.54. The zero-order valence-electron chi connectivity index (χ0n) is 21.4. The molecule has 0 aliphatic carbocycles.